The number of allylic oxidation sites excluding steroid dienone is 1. The predicted molar refractivity (Wildman–Crippen MR) is 77.8 cm³/mol. The zero-order chi connectivity index (χ0) is 13.7. The van der Waals surface area contributed by atoms with Crippen LogP contribution in [-0.4, -0.2) is 21.9 Å². The first-order valence-electron chi connectivity index (χ1n) is 6.59. The van der Waals surface area contributed by atoms with Crippen molar-refractivity contribution in [1.29, 1.82) is 0 Å². The van der Waals surface area contributed by atoms with Crippen LogP contribution < -0.4 is 0 Å². The number of hydrogen-bond acceptors (Lipinski definition) is 2. The molecule has 0 fully saturated rings. The Labute approximate surface area is 114 Å². The Morgan fingerprint density at radius 3 is 2.68 bits per heavy atom. The van der Waals surface area contributed by atoms with Crippen LogP contribution in [0.2, 0.25) is 0 Å². The topological polar surface area (TPSA) is 40.5 Å². The molecule has 2 atom stereocenters. The van der Waals surface area contributed by atoms with Gasteiger partial charge in [0.1, 0.15) is 5.60 Å². The molecular weight excluding hydrogens is 236 g/mol. The second-order valence-corrected chi connectivity index (χ2v) is 4.99. The molecule has 100 valence electrons. The average molecular weight is 256 g/mol. The third-order valence-corrected chi connectivity index (χ3v) is 3.42. The lowest BCUT2D eigenvalue weighted by Crippen LogP contribution is -2.29. The largest absolute Gasteiger partial charge is 0.385 e. The number of hydrogen-bond donors (Lipinski definition) is 2. The third kappa shape index (κ3) is 3.66. The highest BCUT2D eigenvalue weighted by molar-refractivity contribution is 5.32. The van der Waals surface area contributed by atoms with Crippen molar-refractivity contribution in [3.8, 4) is 0 Å². The fraction of sp³-hybridized carbons (Fsp3) is 0.294. The van der Waals surface area contributed by atoms with Crippen LogP contribution in [0.15, 0.2) is 66.8 Å². The molecule has 2 heteroatoms. The van der Waals surface area contributed by atoms with E-state index in [2.05, 4.69) is 18.7 Å². The molecule has 19 heavy (non-hydrogen) atoms. The van der Waals surface area contributed by atoms with Gasteiger partial charge in [-0.15, -0.1) is 6.58 Å². The van der Waals surface area contributed by atoms with Gasteiger partial charge in [-0.3, -0.25) is 0 Å². The first-order chi connectivity index (χ1) is 9.13. The Balaban J connectivity index is 2.06. The van der Waals surface area contributed by atoms with Crippen molar-refractivity contribution in [2.75, 3.05) is 0 Å². The van der Waals surface area contributed by atoms with Gasteiger partial charge < -0.3 is 10.2 Å². The van der Waals surface area contributed by atoms with E-state index < -0.39 is 11.7 Å². The van der Waals surface area contributed by atoms with Crippen LogP contribution in [0.25, 0.3) is 0 Å². The second-order valence-electron chi connectivity index (χ2n) is 4.99. The molecule has 0 radical (unpaired) electrons. The lowest BCUT2D eigenvalue weighted by molar-refractivity contribution is 0.122. The zero-order valence-electron chi connectivity index (χ0n) is 11.0. The molecular formula is C17H20O2. The van der Waals surface area contributed by atoms with E-state index in [0.717, 1.165) is 12.0 Å². The molecule has 1 aromatic rings. The van der Waals surface area contributed by atoms with Crippen molar-refractivity contribution < 1.29 is 10.2 Å². The van der Waals surface area contributed by atoms with Gasteiger partial charge in [-0.2, -0.15) is 0 Å². The molecule has 0 bridgehead atoms. The minimum atomic E-state index is -0.965. The maximum Gasteiger partial charge on any atom is 0.102 e. The SMILES string of the molecule is C=CCC1=CC(O)(CCc2ccccc2)C=CC1O. The van der Waals surface area contributed by atoms with E-state index in [0.29, 0.717) is 12.8 Å². The van der Waals surface area contributed by atoms with E-state index in [1.54, 1.807) is 24.3 Å². The molecule has 2 nitrogen and oxygen atoms in total. The van der Waals surface area contributed by atoms with Crippen LogP contribution in [0.5, 0.6) is 0 Å². The molecule has 1 aliphatic carbocycles. The molecule has 2 rings (SSSR count). The second kappa shape index (κ2) is 6.00. The van der Waals surface area contributed by atoms with Crippen LogP contribution in [0.4, 0.5) is 0 Å². The smallest absolute Gasteiger partial charge is 0.102 e. The van der Waals surface area contributed by atoms with Gasteiger partial charge in [0.15, 0.2) is 0 Å². The third-order valence-electron chi connectivity index (χ3n) is 3.42. The summed E-state index contributed by atoms with van der Waals surface area (Å²) >= 11 is 0. The van der Waals surface area contributed by atoms with E-state index >= 15 is 0 Å². The number of rotatable bonds is 5. The van der Waals surface area contributed by atoms with Crippen molar-refractivity contribution in [2.45, 2.75) is 31.0 Å². The number of aliphatic hydroxyl groups is 2. The highest BCUT2D eigenvalue weighted by atomic mass is 16.3. The Bertz CT molecular complexity index is 487. The summed E-state index contributed by atoms with van der Waals surface area (Å²) in [6, 6.07) is 10.1. The van der Waals surface area contributed by atoms with Crippen LogP contribution in [-0.2, 0) is 6.42 Å². The molecule has 0 aliphatic heterocycles. The lowest BCUT2D eigenvalue weighted by Gasteiger charge is -2.28. The Hall–Kier alpha value is -1.64. The molecule has 1 aromatic carbocycles. The van der Waals surface area contributed by atoms with E-state index in [1.165, 1.54) is 5.56 Å². The summed E-state index contributed by atoms with van der Waals surface area (Å²) in [7, 11) is 0. The van der Waals surface area contributed by atoms with Crippen LogP contribution >= 0.6 is 0 Å². The van der Waals surface area contributed by atoms with Gasteiger partial charge in [0.25, 0.3) is 0 Å². The number of aliphatic hydroxyl groups excluding tert-OH is 1. The van der Waals surface area contributed by atoms with E-state index in [4.69, 9.17) is 0 Å². The standard InChI is InChI=1S/C17H20O2/c1-2-6-15-13-17(19,12-10-16(15)18)11-9-14-7-4-3-5-8-14/h2-5,7-8,10,12-13,16,18-19H,1,6,9,11H2. The molecule has 0 amide bonds. The molecule has 2 N–H and O–H groups in total. The summed E-state index contributed by atoms with van der Waals surface area (Å²) in [5, 5.41) is 20.3. The first-order valence-corrected chi connectivity index (χ1v) is 6.59. The van der Waals surface area contributed by atoms with E-state index in [9.17, 15) is 10.2 Å². The zero-order valence-corrected chi connectivity index (χ0v) is 11.0. The summed E-state index contributed by atoms with van der Waals surface area (Å²) in [6.07, 6.45) is 8.26. The summed E-state index contributed by atoms with van der Waals surface area (Å²) in [5.74, 6) is 0. The number of benzene rings is 1. The molecule has 1 aliphatic rings. The Morgan fingerprint density at radius 2 is 2.00 bits per heavy atom. The molecule has 0 heterocycles. The maximum absolute atomic E-state index is 10.5. The van der Waals surface area contributed by atoms with E-state index in [1.807, 2.05) is 18.2 Å². The average Bonchev–Trinajstić information content (AvgIpc) is 2.43. The highest BCUT2D eigenvalue weighted by Crippen LogP contribution is 2.27. The molecule has 0 aromatic heterocycles. The summed E-state index contributed by atoms with van der Waals surface area (Å²) in [5.41, 5.74) is 1.05. The summed E-state index contributed by atoms with van der Waals surface area (Å²) < 4.78 is 0. The quantitative estimate of drug-likeness (QED) is 0.795. The van der Waals surface area contributed by atoms with Crippen molar-refractivity contribution >= 4 is 0 Å². The van der Waals surface area contributed by atoms with Gasteiger partial charge >= 0.3 is 0 Å². The Morgan fingerprint density at radius 1 is 1.26 bits per heavy atom. The number of aryl methyl sites for hydroxylation is 1. The molecule has 0 saturated carbocycles. The minimum absolute atomic E-state index is 0.596. The Kier molecular flexibility index (Phi) is 4.35. The first kappa shape index (κ1) is 13.8. The fourth-order valence-corrected chi connectivity index (χ4v) is 2.33. The van der Waals surface area contributed by atoms with Crippen LogP contribution in [0.3, 0.4) is 0 Å². The monoisotopic (exact) mass is 256 g/mol. The van der Waals surface area contributed by atoms with Gasteiger partial charge in [-0.05, 0) is 36.5 Å². The van der Waals surface area contributed by atoms with Crippen molar-refractivity contribution in [1.82, 2.24) is 0 Å². The van der Waals surface area contributed by atoms with E-state index in [-0.39, 0.29) is 0 Å². The molecule has 0 saturated heterocycles. The van der Waals surface area contributed by atoms with Gasteiger partial charge in [-0.25, -0.2) is 0 Å². The molecule has 0 spiro atoms. The summed E-state index contributed by atoms with van der Waals surface area (Å²) in [6.45, 7) is 3.67. The van der Waals surface area contributed by atoms with Crippen molar-refractivity contribution in [3.05, 3.63) is 72.4 Å². The van der Waals surface area contributed by atoms with Crippen molar-refractivity contribution in [2.24, 2.45) is 0 Å². The van der Waals surface area contributed by atoms with Crippen LogP contribution in [0.1, 0.15) is 18.4 Å². The maximum atomic E-state index is 10.5. The normalized spacial score (nSPS) is 26.0. The van der Waals surface area contributed by atoms with Gasteiger partial charge in [0.2, 0.25) is 0 Å². The fourth-order valence-electron chi connectivity index (χ4n) is 2.33. The minimum Gasteiger partial charge on any atom is -0.385 e. The van der Waals surface area contributed by atoms with Crippen molar-refractivity contribution in [3.63, 3.8) is 0 Å². The molecule has 2 unspecified atom stereocenters. The van der Waals surface area contributed by atoms with Crippen LogP contribution in [0, 0.1) is 0 Å². The lowest BCUT2D eigenvalue weighted by atomic mass is 9.85. The summed E-state index contributed by atoms with van der Waals surface area (Å²) in [4.78, 5) is 0. The predicted octanol–water partition coefficient (Wildman–Crippen LogP) is 2.78. The van der Waals surface area contributed by atoms with Gasteiger partial charge in [0.05, 0.1) is 6.10 Å². The highest BCUT2D eigenvalue weighted by Gasteiger charge is 2.26. The van der Waals surface area contributed by atoms with Gasteiger partial charge in [0, 0.05) is 0 Å². The van der Waals surface area contributed by atoms with Gasteiger partial charge in [-0.1, -0.05) is 48.6 Å².